The number of aryl methyl sites for hydroxylation is 1. The van der Waals surface area contributed by atoms with Crippen molar-refractivity contribution in [3.63, 3.8) is 0 Å². The Kier molecular flexibility index (Phi) is 4.73. The number of amides is 1. The normalized spacial score (nSPS) is 14.4. The molecule has 7 heteroatoms. The molecule has 158 valence electrons. The number of aromatic nitrogens is 2. The quantitative estimate of drug-likeness (QED) is 0.513. The molecule has 2 aromatic heterocycles. The number of nitrogens with zero attached hydrogens (tertiary/aromatic N) is 3. The third kappa shape index (κ3) is 3.26. The lowest BCUT2D eigenvalue weighted by Gasteiger charge is -2.27. The molecule has 0 bridgehead atoms. The summed E-state index contributed by atoms with van der Waals surface area (Å²) in [6.07, 6.45) is 3.04. The summed E-state index contributed by atoms with van der Waals surface area (Å²) in [5, 5.41) is 0.648. The molecule has 0 spiro atoms. The maximum Gasteiger partial charge on any atom is 0.336 e. The van der Waals surface area contributed by atoms with Gasteiger partial charge in [-0.2, -0.15) is 0 Å². The summed E-state index contributed by atoms with van der Waals surface area (Å²) < 4.78 is 8.37. The largest absolute Gasteiger partial charge is 0.449 e. The molecule has 0 atom stereocenters. The first kappa shape index (κ1) is 19.4. The van der Waals surface area contributed by atoms with Gasteiger partial charge in [0.15, 0.2) is 0 Å². The molecule has 31 heavy (non-hydrogen) atoms. The second-order valence-electron chi connectivity index (χ2n) is 8.07. The molecule has 0 N–H and O–H groups in total. The van der Waals surface area contributed by atoms with Gasteiger partial charge in [-0.15, -0.1) is 0 Å². The highest BCUT2D eigenvalue weighted by molar-refractivity contribution is 6.02. The lowest BCUT2D eigenvalue weighted by Crippen LogP contribution is -2.43. The summed E-state index contributed by atoms with van der Waals surface area (Å²) in [5.74, 6) is -0.122. The van der Waals surface area contributed by atoms with Gasteiger partial charge in [-0.25, -0.2) is 9.36 Å². The number of rotatable bonds is 3. The Morgan fingerprint density at radius 2 is 1.77 bits per heavy atom. The molecule has 2 aromatic carbocycles. The summed E-state index contributed by atoms with van der Waals surface area (Å²) in [6, 6.07) is 14.4. The number of carbonyl (C=O) groups excluding carboxylic acids is 1. The second kappa shape index (κ2) is 7.58. The van der Waals surface area contributed by atoms with Crippen LogP contribution in [0.3, 0.4) is 0 Å². The van der Waals surface area contributed by atoms with Crippen LogP contribution in [0.1, 0.15) is 24.8 Å². The smallest absolute Gasteiger partial charge is 0.336 e. The molecule has 0 unspecified atom stereocenters. The van der Waals surface area contributed by atoms with Crippen LogP contribution in [0.4, 0.5) is 0 Å². The monoisotopic (exact) mass is 417 g/mol. The second-order valence-corrected chi connectivity index (χ2v) is 8.07. The fourth-order valence-electron chi connectivity index (χ4n) is 4.37. The van der Waals surface area contributed by atoms with Gasteiger partial charge in [-0.05, 0) is 56.0 Å². The van der Waals surface area contributed by atoms with Crippen molar-refractivity contribution in [2.45, 2.75) is 32.7 Å². The van der Waals surface area contributed by atoms with Crippen LogP contribution in [0.5, 0.6) is 0 Å². The fourth-order valence-corrected chi connectivity index (χ4v) is 4.37. The Morgan fingerprint density at radius 1 is 1.00 bits per heavy atom. The Balaban J connectivity index is 1.78. The first-order valence-electron chi connectivity index (χ1n) is 10.6. The number of furan rings is 1. The number of para-hydroxylation sites is 1. The van der Waals surface area contributed by atoms with E-state index in [1.165, 1.54) is 4.57 Å². The van der Waals surface area contributed by atoms with Crippen LogP contribution in [-0.2, 0) is 11.3 Å². The van der Waals surface area contributed by atoms with Crippen LogP contribution in [0.25, 0.3) is 27.8 Å². The number of piperidine rings is 1. The lowest BCUT2D eigenvalue weighted by atomic mass is 10.1. The van der Waals surface area contributed by atoms with Crippen LogP contribution >= 0.6 is 0 Å². The first-order chi connectivity index (χ1) is 15.0. The highest BCUT2D eigenvalue weighted by Crippen LogP contribution is 2.26. The summed E-state index contributed by atoms with van der Waals surface area (Å²) in [7, 11) is 0. The number of hydrogen-bond acceptors (Lipinski definition) is 4. The van der Waals surface area contributed by atoms with E-state index in [0.29, 0.717) is 35.3 Å². The molecule has 3 heterocycles. The minimum atomic E-state index is -0.542. The standard InChI is InChI=1S/C24H23N3O4/c1-16-8-7-9-17(14-16)27-23(29)22-21(18-10-3-4-11-19(18)31-22)26(24(27)30)15-20(28)25-12-5-2-6-13-25/h3-4,7-11,14H,2,5-6,12-13,15H2,1H3. The number of fused-ring (bicyclic) bond motifs is 3. The summed E-state index contributed by atoms with van der Waals surface area (Å²) in [5.41, 5.74) is 1.27. The van der Waals surface area contributed by atoms with E-state index in [1.54, 1.807) is 35.2 Å². The van der Waals surface area contributed by atoms with Crippen molar-refractivity contribution in [3.8, 4) is 5.69 Å². The van der Waals surface area contributed by atoms with Crippen molar-refractivity contribution >= 4 is 28.0 Å². The molecule has 1 aliphatic heterocycles. The molecule has 0 aliphatic carbocycles. The van der Waals surface area contributed by atoms with Crippen molar-refractivity contribution < 1.29 is 9.21 Å². The number of hydrogen-bond donors (Lipinski definition) is 0. The van der Waals surface area contributed by atoms with E-state index >= 15 is 0 Å². The zero-order valence-corrected chi connectivity index (χ0v) is 17.3. The van der Waals surface area contributed by atoms with Crippen LogP contribution < -0.4 is 11.2 Å². The number of benzene rings is 2. The van der Waals surface area contributed by atoms with Gasteiger partial charge in [0.1, 0.15) is 17.6 Å². The molecule has 1 fully saturated rings. The van der Waals surface area contributed by atoms with E-state index < -0.39 is 11.2 Å². The number of likely N-dealkylation sites (tertiary alicyclic amines) is 1. The van der Waals surface area contributed by atoms with Crippen LogP contribution in [0.2, 0.25) is 0 Å². The highest BCUT2D eigenvalue weighted by atomic mass is 16.3. The molecule has 0 saturated carbocycles. The van der Waals surface area contributed by atoms with E-state index in [9.17, 15) is 14.4 Å². The zero-order chi connectivity index (χ0) is 21.5. The van der Waals surface area contributed by atoms with Gasteiger partial charge in [0.2, 0.25) is 11.5 Å². The van der Waals surface area contributed by atoms with Crippen LogP contribution in [0.15, 0.2) is 62.5 Å². The van der Waals surface area contributed by atoms with Gasteiger partial charge in [0, 0.05) is 18.5 Å². The minimum absolute atomic E-state index is 0.0775. The molecular weight excluding hydrogens is 394 g/mol. The third-order valence-corrected chi connectivity index (χ3v) is 5.92. The van der Waals surface area contributed by atoms with Crippen LogP contribution in [0, 0.1) is 6.92 Å². The molecule has 1 amide bonds. The van der Waals surface area contributed by atoms with Crippen LogP contribution in [-0.4, -0.2) is 33.0 Å². The van der Waals surface area contributed by atoms with E-state index in [1.807, 2.05) is 25.1 Å². The third-order valence-electron chi connectivity index (χ3n) is 5.92. The predicted molar refractivity (Wildman–Crippen MR) is 119 cm³/mol. The van der Waals surface area contributed by atoms with E-state index in [2.05, 4.69) is 0 Å². The van der Waals surface area contributed by atoms with Gasteiger partial charge in [0.05, 0.1) is 5.69 Å². The van der Waals surface area contributed by atoms with Crippen molar-refractivity contribution in [2.24, 2.45) is 0 Å². The van der Waals surface area contributed by atoms with Crippen molar-refractivity contribution in [1.29, 1.82) is 0 Å². The Bertz CT molecular complexity index is 1420. The average molecular weight is 417 g/mol. The SMILES string of the molecule is Cc1cccc(-n2c(=O)c3oc4ccccc4c3n(CC(=O)N3CCCCC3)c2=O)c1. The zero-order valence-electron chi connectivity index (χ0n) is 17.3. The van der Waals surface area contributed by atoms with Gasteiger partial charge in [-0.1, -0.05) is 24.3 Å². The first-order valence-corrected chi connectivity index (χ1v) is 10.6. The average Bonchev–Trinajstić information content (AvgIpc) is 3.17. The van der Waals surface area contributed by atoms with Gasteiger partial charge in [-0.3, -0.25) is 14.2 Å². The maximum absolute atomic E-state index is 13.6. The molecule has 1 saturated heterocycles. The van der Waals surface area contributed by atoms with Crippen molar-refractivity contribution in [2.75, 3.05) is 13.1 Å². The molecule has 5 rings (SSSR count). The Labute approximate surface area is 178 Å². The van der Waals surface area contributed by atoms with Gasteiger partial charge >= 0.3 is 11.2 Å². The molecule has 4 aromatic rings. The van der Waals surface area contributed by atoms with Gasteiger partial charge in [0.25, 0.3) is 0 Å². The van der Waals surface area contributed by atoms with Crippen molar-refractivity contribution in [1.82, 2.24) is 14.0 Å². The Morgan fingerprint density at radius 3 is 2.55 bits per heavy atom. The van der Waals surface area contributed by atoms with Gasteiger partial charge < -0.3 is 9.32 Å². The van der Waals surface area contributed by atoms with E-state index in [4.69, 9.17) is 4.42 Å². The molecular formula is C24H23N3O4. The summed E-state index contributed by atoms with van der Waals surface area (Å²) >= 11 is 0. The summed E-state index contributed by atoms with van der Waals surface area (Å²) in [6.45, 7) is 3.15. The topological polar surface area (TPSA) is 77.5 Å². The minimum Gasteiger partial charge on any atom is -0.449 e. The Hall–Kier alpha value is -3.61. The van der Waals surface area contributed by atoms with E-state index in [-0.39, 0.29) is 18.0 Å². The molecule has 7 nitrogen and oxygen atoms in total. The van der Waals surface area contributed by atoms with Crippen molar-refractivity contribution in [3.05, 3.63) is 74.9 Å². The molecule has 0 radical (unpaired) electrons. The predicted octanol–water partition coefficient (Wildman–Crippen LogP) is 3.22. The lowest BCUT2D eigenvalue weighted by molar-refractivity contribution is -0.132. The fraction of sp³-hybridized carbons (Fsp3) is 0.292. The highest BCUT2D eigenvalue weighted by Gasteiger charge is 2.24. The van der Waals surface area contributed by atoms with E-state index in [0.717, 1.165) is 29.4 Å². The summed E-state index contributed by atoms with van der Waals surface area (Å²) in [4.78, 5) is 41.8. The maximum atomic E-state index is 13.6. The number of carbonyl (C=O) groups is 1. The molecule has 1 aliphatic rings.